The third kappa shape index (κ3) is 3.58. The highest BCUT2D eigenvalue weighted by atomic mass is 32.2. The lowest BCUT2D eigenvalue weighted by Crippen LogP contribution is -2.48. The van der Waals surface area contributed by atoms with Crippen LogP contribution in [0.3, 0.4) is 0 Å². The second-order valence-corrected chi connectivity index (χ2v) is 8.22. The zero-order chi connectivity index (χ0) is 18.9. The number of hydrogen-bond acceptors (Lipinski definition) is 6. The van der Waals surface area contributed by atoms with Crippen molar-refractivity contribution in [3.63, 3.8) is 0 Å². The first-order valence-corrected chi connectivity index (χ1v) is 9.73. The Hall–Kier alpha value is -2.39. The zero-order valence-electron chi connectivity index (χ0n) is 15.0. The molecule has 1 saturated heterocycles. The number of carbonyl (C=O) groups excluding carboxylic acids is 1. The van der Waals surface area contributed by atoms with Gasteiger partial charge in [-0.2, -0.15) is 4.31 Å². The molecule has 1 aliphatic heterocycles. The van der Waals surface area contributed by atoms with E-state index in [1.54, 1.807) is 14.1 Å². The average Bonchev–Trinajstić information content (AvgIpc) is 3.12. The third-order valence-electron chi connectivity index (χ3n) is 4.23. The molecule has 8 nitrogen and oxygen atoms in total. The molecule has 1 amide bonds. The van der Waals surface area contributed by atoms with Gasteiger partial charge in [-0.15, -0.1) is 0 Å². The van der Waals surface area contributed by atoms with E-state index in [1.807, 2.05) is 25.1 Å². The fourth-order valence-corrected chi connectivity index (χ4v) is 4.12. The van der Waals surface area contributed by atoms with Gasteiger partial charge in [0.25, 0.3) is 15.9 Å². The Balaban J connectivity index is 1.71. The van der Waals surface area contributed by atoms with Gasteiger partial charge in [0.05, 0.1) is 0 Å². The lowest BCUT2D eigenvalue weighted by Gasteiger charge is -2.34. The number of rotatable bonds is 4. The van der Waals surface area contributed by atoms with Crippen LogP contribution in [-0.2, 0) is 10.0 Å². The van der Waals surface area contributed by atoms with Gasteiger partial charge in [0.15, 0.2) is 5.76 Å². The van der Waals surface area contributed by atoms with Crippen LogP contribution in [0.5, 0.6) is 0 Å². The molecule has 3 heterocycles. The molecule has 0 atom stereocenters. The average molecular weight is 378 g/mol. The van der Waals surface area contributed by atoms with Crippen LogP contribution in [0.15, 0.2) is 39.8 Å². The molecule has 0 radical (unpaired) electrons. The van der Waals surface area contributed by atoms with E-state index in [0.717, 1.165) is 11.5 Å². The Kier molecular flexibility index (Phi) is 5.01. The number of aromatic nitrogens is 1. The van der Waals surface area contributed by atoms with Crippen LogP contribution >= 0.6 is 0 Å². The van der Waals surface area contributed by atoms with Crippen LogP contribution in [-0.4, -0.2) is 68.8 Å². The lowest BCUT2D eigenvalue weighted by molar-refractivity contribution is 0.0790. The number of hydrogen-bond donors (Lipinski definition) is 0. The van der Waals surface area contributed by atoms with E-state index < -0.39 is 10.0 Å². The predicted octanol–water partition coefficient (Wildman–Crippen LogP) is 1.20. The van der Waals surface area contributed by atoms with E-state index in [-0.39, 0.29) is 16.8 Å². The number of pyridine rings is 1. The van der Waals surface area contributed by atoms with Gasteiger partial charge in [-0.25, -0.2) is 13.4 Å². The molecule has 140 valence electrons. The molecule has 9 heteroatoms. The van der Waals surface area contributed by atoms with Crippen molar-refractivity contribution in [3.8, 4) is 0 Å². The number of sulfonamides is 1. The summed E-state index contributed by atoms with van der Waals surface area (Å²) in [5.41, 5.74) is 0.922. The number of anilines is 1. The zero-order valence-corrected chi connectivity index (χ0v) is 15.9. The maximum absolute atomic E-state index is 12.8. The molecule has 1 aliphatic rings. The predicted molar refractivity (Wildman–Crippen MR) is 96.7 cm³/mol. The highest BCUT2D eigenvalue weighted by molar-refractivity contribution is 7.89. The fraction of sp³-hybridized carbons (Fsp3) is 0.412. The summed E-state index contributed by atoms with van der Waals surface area (Å²) in [5.74, 6) is 0.483. The molecule has 0 N–H and O–H groups in total. The van der Waals surface area contributed by atoms with Crippen molar-refractivity contribution in [1.82, 2.24) is 14.2 Å². The highest BCUT2D eigenvalue weighted by Crippen LogP contribution is 2.22. The van der Waals surface area contributed by atoms with Gasteiger partial charge in [-0.05, 0) is 31.2 Å². The summed E-state index contributed by atoms with van der Waals surface area (Å²) in [4.78, 5) is 19.8. The van der Waals surface area contributed by atoms with E-state index in [1.165, 1.54) is 21.3 Å². The third-order valence-corrected chi connectivity index (χ3v) is 6.00. The quantitative estimate of drug-likeness (QED) is 0.794. The van der Waals surface area contributed by atoms with E-state index in [4.69, 9.17) is 4.42 Å². The minimum absolute atomic E-state index is 0.0103. The molecule has 0 spiro atoms. The summed E-state index contributed by atoms with van der Waals surface area (Å²) in [5, 5.41) is -0.204. The molecule has 0 saturated carbocycles. The maximum Gasteiger partial charge on any atom is 0.289 e. The van der Waals surface area contributed by atoms with E-state index in [9.17, 15) is 13.2 Å². The van der Waals surface area contributed by atoms with Crippen molar-refractivity contribution in [2.75, 3.05) is 45.2 Å². The summed E-state index contributed by atoms with van der Waals surface area (Å²) < 4.78 is 32.2. The van der Waals surface area contributed by atoms with Crippen LogP contribution in [0.2, 0.25) is 0 Å². The minimum atomic E-state index is -3.77. The van der Waals surface area contributed by atoms with Crippen molar-refractivity contribution in [2.45, 2.75) is 12.0 Å². The molecular formula is C17H22N4O4S. The molecule has 0 aromatic carbocycles. The van der Waals surface area contributed by atoms with Gasteiger partial charge >= 0.3 is 0 Å². The molecule has 2 aromatic heterocycles. The smallest absolute Gasteiger partial charge is 0.289 e. The summed E-state index contributed by atoms with van der Waals surface area (Å²) in [6, 6.07) is 8.51. The molecular weight excluding hydrogens is 356 g/mol. The van der Waals surface area contributed by atoms with Gasteiger partial charge in [0.2, 0.25) is 5.09 Å². The second kappa shape index (κ2) is 7.08. The van der Waals surface area contributed by atoms with E-state index >= 15 is 0 Å². The minimum Gasteiger partial charge on any atom is -0.438 e. The van der Waals surface area contributed by atoms with Crippen LogP contribution in [0, 0.1) is 6.92 Å². The number of nitrogens with zero attached hydrogens (tertiary/aromatic N) is 4. The van der Waals surface area contributed by atoms with Crippen LogP contribution in [0.1, 0.15) is 16.2 Å². The van der Waals surface area contributed by atoms with Crippen molar-refractivity contribution in [2.24, 2.45) is 0 Å². The van der Waals surface area contributed by atoms with Gasteiger partial charge in [0.1, 0.15) is 5.82 Å². The summed E-state index contributed by atoms with van der Waals surface area (Å²) in [6.45, 7) is 3.67. The van der Waals surface area contributed by atoms with Crippen molar-refractivity contribution < 1.29 is 17.6 Å². The first-order chi connectivity index (χ1) is 12.3. The maximum atomic E-state index is 12.8. The van der Waals surface area contributed by atoms with Crippen molar-refractivity contribution in [3.05, 3.63) is 41.8 Å². The molecule has 26 heavy (non-hydrogen) atoms. The molecule has 0 unspecified atom stereocenters. The first-order valence-electron chi connectivity index (χ1n) is 8.29. The van der Waals surface area contributed by atoms with Gasteiger partial charge in [0, 0.05) is 46.0 Å². The molecule has 1 fully saturated rings. The molecule has 0 aliphatic carbocycles. The van der Waals surface area contributed by atoms with Crippen LogP contribution in [0.4, 0.5) is 5.82 Å². The SMILES string of the molecule is Cc1cccc(N2CCN(S(=O)(=O)c3ccc(C(=O)N(C)C)o3)CC2)n1. The molecule has 0 bridgehead atoms. The summed E-state index contributed by atoms with van der Waals surface area (Å²) in [7, 11) is -0.603. The standard InChI is InChI=1S/C17H22N4O4S/c1-13-5-4-6-15(18-13)20-9-11-21(12-10-20)26(23,24)16-8-7-14(25-16)17(22)19(2)3/h4-8H,9-12H2,1-3H3. The number of aryl methyl sites for hydroxylation is 1. The number of amides is 1. The van der Waals surface area contributed by atoms with Crippen molar-refractivity contribution in [1.29, 1.82) is 0 Å². The monoisotopic (exact) mass is 378 g/mol. The van der Waals surface area contributed by atoms with Crippen LogP contribution in [0.25, 0.3) is 0 Å². The summed E-state index contributed by atoms with van der Waals surface area (Å²) >= 11 is 0. The fourth-order valence-electron chi connectivity index (χ4n) is 2.78. The number of carbonyl (C=O) groups is 1. The summed E-state index contributed by atoms with van der Waals surface area (Å²) in [6.07, 6.45) is 0. The van der Waals surface area contributed by atoms with Gasteiger partial charge < -0.3 is 14.2 Å². The van der Waals surface area contributed by atoms with Crippen molar-refractivity contribution >= 4 is 21.7 Å². The van der Waals surface area contributed by atoms with E-state index in [0.29, 0.717) is 26.2 Å². The first kappa shape index (κ1) is 18.4. The van der Waals surface area contributed by atoms with E-state index in [2.05, 4.69) is 9.88 Å². The van der Waals surface area contributed by atoms with Crippen LogP contribution < -0.4 is 4.90 Å². The lowest BCUT2D eigenvalue weighted by atomic mass is 10.3. The normalized spacial score (nSPS) is 15.9. The Morgan fingerprint density at radius 3 is 2.42 bits per heavy atom. The molecule has 3 rings (SSSR count). The Morgan fingerprint density at radius 1 is 1.12 bits per heavy atom. The molecule has 2 aromatic rings. The highest BCUT2D eigenvalue weighted by Gasteiger charge is 2.32. The number of piperazine rings is 1. The topological polar surface area (TPSA) is 87.0 Å². The Morgan fingerprint density at radius 2 is 1.81 bits per heavy atom. The largest absolute Gasteiger partial charge is 0.438 e. The number of furan rings is 1. The van der Waals surface area contributed by atoms with Gasteiger partial charge in [-0.1, -0.05) is 6.07 Å². The van der Waals surface area contributed by atoms with Gasteiger partial charge in [-0.3, -0.25) is 4.79 Å². The Labute approximate surface area is 153 Å². The Bertz CT molecular complexity index is 899. The second-order valence-electron chi connectivity index (χ2n) is 6.35.